The molecular formula is C23H21NO6. The minimum absolute atomic E-state index is 0.320. The summed E-state index contributed by atoms with van der Waals surface area (Å²) in [5.74, 6) is -0.619. The molecule has 0 spiro atoms. The maximum Gasteiger partial charge on any atom is 0.325 e. The van der Waals surface area contributed by atoms with Gasteiger partial charge in [0.25, 0.3) is 5.91 Å². The van der Waals surface area contributed by atoms with Crippen LogP contribution in [0.15, 0.2) is 60.7 Å². The number of rotatable bonds is 8. The molecule has 0 aromatic heterocycles. The number of hydrogen-bond acceptors (Lipinski definition) is 6. The number of esters is 1. The third-order valence-electron chi connectivity index (χ3n) is 4.47. The van der Waals surface area contributed by atoms with Crippen LogP contribution in [0.4, 0.5) is 0 Å². The van der Waals surface area contributed by atoms with E-state index in [1.165, 1.54) is 20.3 Å². The average molecular weight is 407 g/mol. The highest BCUT2D eigenvalue weighted by Gasteiger charge is 2.14. The van der Waals surface area contributed by atoms with Crippen LogP contribution in [-0.4, -0.2) is 45.0 Å². The van der Waals surface area contributed by atoms with Gasteiger partial charge in [-0.2, -0.15) is 0 Å². The van der Waals surface area contributed by atoms with Crippen LogP contribution in [0.1, 0.15) is 20.7 Å². The SMILES string of the molecule is COc1ccc(C(=O)COC(=O)CNC(=O)c2ccc3ccccc3c2)cc1OC. The second kappa shape index (κ2) is 9.56. The van der Waals surface area contributed by atoms with Crippen LogP contribution >= 0.6 is 0 Å². The summed E-state index contributed by atoms with van der Waals surface area (Å²) in [5, 5.41) is 4.44. The molecule has 0 atom stereocenters. The number of ketones is 1. The van der Waals surface area contributed by atoms with Gasteiger partial charge >= 0.3 is 5.97 Å². The van der Waals surface area contributed by atoms with E-state index in [4.69, 9.17) is 14.2 Å². The Morgan fingerprint density at radius 1 is 0.800 bits per heavy atom. The van der Waals surface area contributed by atoms with Crippen LogP contribution in [-0.2, 0) is 9.53 Å². The van der Waals surface area contributed by atoms with Crippen LogP contribution in [0.2, 0.25) is 0 Å². The van der Waals surface area contributed by atoms with Crippen LogP contribution in [0.5, 0.6) is 11.5 Å². The lowest BCUT2D eigenvalue weighted by Gasteiger charge is -2.10. The minimum Gasteiger partial charge on any atom is -0.493 e. The van der Waals surface area contributed by atoms with Gasteiger partial charge in [0.1, 0.15) is 6.54 Å². The predicted molar refractivity (Wildman–Crippen MR) is 111 cm³/mol. The van der Waals surface area contributed by atoms with Crippen molar-refractivity contribution in [2.45, 2.75) is 0 Å². The fourth-order valence-electron chi connectivity index (χ4n) is 2.88. The van der Waals surface area contributed by atoms with Crippen molar-refractivity contribution in [2.24, 2.45) is 0 Å². The minimum atomic E-state index is -0.710. The van der Waals surface area contributed by atoms with Gasteiger partial charge in [-0.15, -0.1) is 0 Å². The molecule has 7 nitrogen and oxygen atoms in total. The van der Waals surface area contributed by atoms with Crippen molar-refractivity contribution in [1.29, 1.82) is 0 Å². The lowest BCUT2D eigenvalue weighted by atomic mass is 10.1. The summed E-state index contributed by atoms with van der Waals surface area (Å²) in [5.41, 5.74) is 0.753. The molecule has 1 N–H and O–H groups in total. The molecule has 1 amide bonds. The number of nitrogens with one attached hydrogen (secondary N) is 1. The lowest BCUT2D eigenvalue weighted by Crippen LogP contribution is -2.31. The third kappa shape index (κ3) is 4.94. The van der Waals surface area contributed by atoms with Crippen molar-refractivity contribution in [3.8, 4) is 11.5 Å². The van der Waals surface area contributed by atoms with E-state index in [-0.39, 0.29) is 6.54 Å². The second-order valence-corrected chi connectivity index (χ2v) is 6.40. The van der Waals surface area contributed by atoms with Crippen molar-refractivity contribution in [3.63, 3.8) is 0 Å². The number of Topliss-reactive ketones (excluding diaryl/α,β-unsaturated/α-hetero) is 1. The highest BCUT2D eigenvalue weighted by molar-refractivity contribution is 6.00. The molecule has 0 saturated carbocycles. The largest absolute Gasteiger partial charge is 0.493 e. The zero-order valence-corrected chi connectivity index (χ0v) is 16.6. The maximum absolute atomic E-state index is 12.3. The molecule has 0 aliphatic carbocycles. The standard InChI is InChI=1S/C23H21NO6/c1-28-20-10-9-17(12-21(20)29-2)19(25)14-30-22(26)13-24-23(27)18-8-7-15-5-3-4-6-16(15)11-18/h3-12H,13-14H2,1-2H3,(H,24,27). The van der Waals surface area contributed by atoms with E-state index in [0.29, 0.717) is 22.6 Å². The Morgan fingerprint density at radius 2 is 1.50 bits per heavy atom. The summed E-state index contributed by atoms with van der Waals surface area (Å²) in [6.45, 7) is -0.787. The first-order valence-corrected chi connectivity index (χ1v) is 9.19. The number of methoxy groups -OCH3 is 2. The number of carbonyl (C=O) groups is 3. The topological polar surface area (TPSA) is 90.9 Å². The molecule has 0 heterocycles. The monoisotopic (exact) mass is 407 g/mol. The third-order valence-corrected chi connectivity index (χ3v) is 4.47. The number of carbonyl (C=O) groups excluding carboxylic acids is 3. The fraction of sp³-hybridized carbons (Fsp3) is 0.174. The van der Waals surface area contributed by atoms with Crippen molar-refractivity contribution < 1.29 is 28.6 Å². The second-order valence-electron chi connectivity index (χ2n) is 6.40. The van der Waals surface area contributed by atoms with E-state index in [9.17, 15) is 14.4 Å². The van der Waals surface area contributed by atoms with E-state index < -0.39 is 24.3 Å². The molecule has 3 rings (SSSR count). The number of amides is 1. The molecule has 0 fully saturated rings. The van der Waals surface area contributed by atoms with Gasteiger partial charge in [0, 0.05) is 11.1 Å². The van der Waals surface area contributed by atoms with Crippen molar-refractivity contribution in [1.82, 2.24) is 5.32 Å². The summed E-state index contributed by atoms with van der Waals surface area (Å²) >= 11 is 0. The molecule has 154 valence electrons. The molecule has 0 aliphatic heterocycles. The predicted octanol–water partition coefficient (Wildman–Crippen LogP) is 3.01. The lowest BCUT2D eigenvalue weighted by molar-refractivity contribution is -0.141. The molecule has 0 saturated heterocycles. The first-order chi connectivity index (χ1) is 14.5. The van der Waals surface area contributed by atoms with Crippen LogP contribution in [0.3, 0.4) is 0 Å². The quantitative estimate of drug-likeness (QED) is 0.456. The smallest absolute Gasteiger partial charge is 0.325 e. The van der Waals surface area contributed by atoms with E-state index in [0.717, 1.165) is 10.8 Å². The molecule has 3 aromatic rings. The van der Waals surface area contributed by atoms with E-state index >= 15 is 0 Å². The first kappa shape index (κ1) is 20.9. The van der Waals surface area contributed by atoms with Crippen molar-refractivity contribution >= 4 is 28.4 Å². The highest BCUT2D eigenvalue weighted by Crippen LogP contribution is 2.27. The Labute approximate surface area is 173 Å². The average Bonchev–Trinajstić information content (AvgIpc) is 2.79. The Bertz CT molecular complexity index is 1090. The summed E-state index contributed by atoms with van der Waals surface area (Å²) < 4.78 is 15.2. The van der Waals surface area contributed by atoms with Gasteiger partial charge in [0.05, 0.1) is 14.2 Å². The molecule has 0 radical (unpaired) electrons. The Hall–Kier alpha value is -3.87. The van der Waals surface area contributed by atoms with Crippen molar-refractivity contribution in [3.05, 3.63) is 71.8 Å². The molecule has 0 bridgehead atoms. The van der Waals surface area contributed by atoms with Crippen molar-refractivity contribution in [2.75, 3.05) is 27.4 Å². The Morgan fingerprint density at radius 3 is 2.23 bits per heavy atom. The summed E-state index contributed by atoms with van der Waals surface area (Å²) in [6, 6.07) is 17.6. The molecule has 0 aliphatic rings. The van der Waals surface area contributed by atoms with Gasteiger partial charge in [0.15, 0.2) is 23.9 Å². The van der Waals surface area contributed by atoms with Gasteiger partial charge in [0.2, 0.25) is 0 Å². The Balaban J connectivity index is 1.51. The Kier molecular flexibility index (Phi) is 6.64. The number of hydrogen-bond donors (Lipinski definition) is 1. The van der Waals surface area contributed by atoms with Crippen LogP contribution < -0.4 is 14.8 Å². The molecule has 30 heavy (non-hydrogen) atoms. The summed E-state index contributed by atoms with van der Waals surface area (Å²) in [4.78, 5) is 36.4. The maximum atomic E-state index is 12.3. The van der Waals surface area contributed by atoms with E-state index in [2.05, 4.69) is 5.32 Å². The molecule has 0 unspecified atom stereocenters. The van der Waals surface area contributed by atoms with Crippen LogP contribution in [0.25, 0.3) is 10.8 Å². The number of ether oxygens (including phenoxy) is 3. The first-order valence-electron chi connectivity index (χ1n) is 9.19. The molecular weight excluding hydrogens is 386 g/mol. The summed E-state index contributed by atoms with van der Waals surface area (Å²) in [6.07, 6.45) is 0. The van der Waals surface area contributed by atoms with E-state index in [1.54, 1.807) is 24.3 Å². The normalized spacial score (nSPS) is 10.3. The zero-order chi connectivity index (χ0) is 21.5. The molecule has 7 heteroatoms. The zero-order valence-electron chi connectivity index (χ0n) is 16.6. The van der Waals surface area contributed by atoms with E-state index in [1.807, 2.05) is 30.3 Å². The van der Waals surface area contributed by atoms with Gasteiger partial charge in [-0.1, -0.05) is 30.3 Å². The number of fused-ring (bicyclic) bond motifs is 1. The number of benzene rings is 3. The summed E-state index contributed by atoms with van der Waals surface area (Å²) in [7, 11) is 2.96. The molecule has 3 aromatic carbocycles. The van der Waals surface area contributed by atoms with Gasteiger partial charge in [-0.05, 0) is 41.1 Å². The van der Waals surface area contributed by atoms with Gasteiger partial charge < -0.3 is 19.5 Å². The highest BCUT2D eigenvalue weighted by atomic mass is 16.5. The van der Waals surface area contributed by atoms with Gasteiger partial charge in [-0.25, -0.2) is 0 Å². The fourth-order valence-corrected chi connectivity index (χ4v) is 2.88. The van der Waals surface area contributed by atoms with Gasteiger partial charge in [-0.3, -0.25) is 14.4 Å². The van der Waals surface area contributed by atoms with Crippen LogP contribution in [0, 0.1) is 0 Å².